The summed E-state index contributed by atoms with van der Waals surface area (Å²) in [6.07, 6.45) is 0.0973. The van der Waals surface area contributed by atoms with Crippen LogP contribution in [0.3, 0.4) is 0 Å². The second-order valence-electron chi connectivity index (χ2n) is 9.76. The van der Waals surface area contributed by atoms with Gasteiger partial charge in [0.25, 0.3) is 5.56 Å². The number of para-hydroxylation sites is 1. The van der Waals surface area contributed by atoms with E-state index in [1.54, 1.807) is 0 Å². The van der Waals surface area contributed by atoms with Crippen molar-refractivity contribution in [2.75, 3.05) is 11.9 Å². The molecule has 0 amide bonds. The highest BCUT2D eigenvalue weighted by atomic mass is 79.9. The molecular formula is C27H28BrN3O3-2. The normalized spacial score (nSPS) is 26.6. The first-order chi connectivity index (χ1) is 16.2. The lowest BCUT2D eigenvalue weighted by atomic mass is 9.64. The van der Waals surface area contributed by atoms with Gasteiger partial charge in [-0.05, 0) is 54.2 Å². The molecule has 1 saturated carbocycles. The highest BCUT2D eigenvalue weighted by Gasteiger charge is 2.44. The topological polar surface area (TPSA) is 87.1 Å². The van der Waals surface area contributed by atoms with E-state index in [0.29, 0.717) is 23.4 Å². The van der Waals surface area contributed by atoms with Crippen LogP contribution in [-0.2, 0) is 11.8 Å². The van der Waals surface area contributed by atoms with Crippen LogP contribution in [0, 0.1) is 5.92 Å². The van der Waals surface area contributed by atoms with Crippen LogP contribution in [0.15, 0.2) is 69.6 Å². The van der Waals surface area contributed by atoms with Gasteiger partial charge in [0, 0.05) is 39.6 Å². The highest BCUT2D eigenvalue weighted by molar-refractivity contribution is 9.10. The average molecular weight is 522 g/mol. The predicted octanol–water partition coefficient (Wildman–Crippen LogP) is 2.97. The van der Waals surface area contributed by atoms with E-state index < -0.39 is 24.0 Å². The van der Waals surface area contributed by atoms with Crippen molar-refractivity contribution in [2.24, 2.45) is 5.92 Å². The number of H-pyrrole nitrogens is 1. The van der Waals surface area contributed by atoms with Gasteiger partial charge < -0.3 is 15.1 Å². The molecule has 2 atom stereocenters. The van der Waals surface area contributed by atoms with E-state index in [4.69, 9.17) is 0 Å². The van der Waals surface area contributed by atoms with E-state index in [9.17, 15) is 15.0 Å². The van der Waals surface area contributed by atoms with E-state index in [0.717, 1.165) is 21.4 Å². The van der Waals surface area contributed by atoms with Crippen molar-refractivity contribution >= 4 is 21.6 Å². The summed E-state index contributed by atoms with van der Waals surface area (Å²) in [5.74, 6) is -1.53. The van der Waals surface area contributed by atoms with E-state index in [2.05, 4.69) is 45.8 Å². The molecule has 1 aliphatic carbocycles. The molecule has 1 N–H and O–H groups in total. The number of nitrogens with one attached hydrogen (secondary N) is 1. The number of benzene rings is 2. The van der Waals surface area contributed by atoms with Gasteiger partial charge in [-0.25, -0.2) is 4.68 Å². The van der Waals surface area contributed by atoms with Crippen LogP contribution in [0.5, 0.6) is 0 Å². The minimum absolute atomic E-state index is 0.295. The number of anilines is 1. The van der Waals surface area contributed by atoms with Gasteiger partial charge in [0.15, 0.2) is 0 Å². The smallest absolute Gasteiger partial charge is 0.274 e. The number of aromatic nitrogens is 2. The Morgan fingerprint density at radius 3 is 2.44 bits per heavy atom. The van der Waals surface area contributed by atoms with Crippen LogP contribution in [0.2, 0.25) is 0 Å². The summed E-state index contributed by atoms with van der Waals surface area (Å²) in [5.41, 5.74) is 4.27. The van der Waals surface area contributed by atoms with Crippen LogP contribution in [-0.4, -0.2) is 29.0 Å². The molecule has 0 spiro atoms. The molecule has 5 rings (SSSR count). The van der Waals surface area contributed by atoms with Gasteiger partial charge in [0.1, 0.15) is 0 Å². The van der Waals surface area contributed by atoms with Crippen LogP contribution in [0.25, 0.3) is 5.69 Å². The number of hydrogen-bond donors (Lipinski definition) is 1. The molecule has 1 fully saturated rings. The van der Waals surface area contributed by atoms with Crippen molar-refractivity contribution in [3.63, 3.8) is 0 Å². The molecule has 3 aromatic rings. The van der Waals surface area contributed by atoms with Gasteiger partial charge >= 0.3 is 0 Å². The first kappa shape index (κ1) is 23.1. The standard InChI is InChI=1S/C27H28BrN3O3/c1-5-19-22(26(34)31(29-19)16-9-7-6-8-10-16)23-24(32)17(25(23)33)14-21-27(2,3)18-13-15(28)11-12-20(18)30(21)4/h6-14,17,23-25,29H,5H2,1-4H3/q-2. The molecule has 2 aliphatic rings. The zero-order valence-electron chi connectivity index (χ0n) is 19.7. The Labute approximate surface area is 207 Å². The SMILES string of the molecule is CCc1[nH]n(-c2ccccc2)c(=O)c1C1C([O-])C(C=C2N(C)c3ccc(Br)cc3C2(C)C)C1[O-]. The quantitative estimate of drug-likeness (QED) is 0.571. The summed E-state index contributed by atoms with van der Waals surface area (Å²) in [6.45, 7) is 6.15. The fraction of sp³-hybridized carbons (Fsp3) is 0.370. The Bertz CT molecular complexity index is 1310. The number of aromatic amines is 1. The number of allylic oxidation sites excluding steroid dienone is 1. The van der Waals surface area contributed by atoms with Crippen molar-refractivity contribution in [3.8, 4) is 5.69 Å². The largest absolute Gasteiger partial charge is 0.851 e. The fourth-order valence-electron chi connectivity index (χ4n) is 5.58. The van der Waals surface area contributed by atoms with Crippen molar-refractivity contribution in [3.05, 3.63) is 92.0 Å². The lowest BCUT2D eigenvalue weighted by Gasteiger charge is -2.60. The number of rotatable bonds is 4. The fourth-order valence-corrected chi connectivity index (χ4v) is 5.94. The monoisotopic (exact) mass is 521 g/mol. The maximum Gasteiger partial charge on any atom is 0.274 e. The third-order valence-electron chi connectivity index (χ3n) is 7.52. The highest BCUT2D eigenvalue weighted by Crippen LogP contribution is 2.50. The molecule has 7 heteroatoms. The minimum Gasteiger partial charge on any atom is -0.851 e. The second kappa shape index (κ2) is 8.26. The summed E-state index contributed by atoms with van der Waals surface area (Å²) in [6, 6.07) is 15.4. The molecular weight excluding hydrogens is 494 g/mol. The molecule has 1 aromatic heterocycles. The van der Waals surface area contributed by atoms with Gasteiger partial charge in [-0.15, -0.1) is 12.2 Å². The van der Waals surface area contributed by atoms with Crippen LogP contribution < -0.4 is 20.7 Å². The maximum atomic E-state index is 13.4. The lowest BCUT2D eigenvalue weighted by molar-refractivity contribution is -0.543. The van der Waals surface area contributed by atoms with Gasteiger partial charge in [0.05, 0.1) is 5.69 Å². The van der Waals surface area contributed by atoms with E-state index in [1.807, 2.05) is 62.5 Å². The summed E-state index contributed by atoms with van der Waals surface area (Å²) in [7, 11) is 1.98. The van der Waals surface area contributed by atoms with Crippen molar-refractivity contribution < 1.29 is 10.2 Å². The van der Waals surface area contributed by atoms with E-state index in [-0.39, 0.29) is 11.0 Å². The Kier molecular flexibility index (Phi) is 5.62. The molecule has 6 nitrogen and oxygen atoms in total. The van der Waals surface area contributed by atoms with Crippen LogP contribution in [0.4, 0.5) is 5.69 Å². The molecule has 2 aromatic carbocycles. The van der Waals surface area contributed by atoms with Gasteiger partial charge in [-0.1, -0.05) is 61.0 Å². The molecule has 0 saturated heterocycles. The molecule has 2 heterocycles. The maximum absolute atomic E-state index is 13.4. The second-order valence-corrected chi connectivity index (χ2v) is 10.7. The number of halogens is 1. The summed E-state index contributed by atoms with van der Waals surface area (Å²) >= 11 is 3.55. The number of nitrogens with zero attached hydrogens (tertiary/aromatic N) is 2. The average Bonchev–Trinajstić information content (AvgIpc) is 3.24. The molecule has 0 radical (unpaired) electrons. The molecule has 2 unspecified atom stereocenters. The first-order valence-electron chi connectivity index (χ1n) is 11.6. The van der Waals surface area contributed by atoms with Gasteiger partial charge in [-0.3, -0.25) is 9.89 Å². The van der Waals surface area contributed by atoms with E-state index >= 15 is 0 Å². The molecule has 34 heavy (non-hydrogen) atoms. The summed E-state index contributed by atoms with van der Waals surface area (Å²) < 4.78 is 2.44. The zero-order valence-corrected chi connectivity index (χ0v) is 21.3. The zero-order chi connectivity index (χ0) is 24.4. The summed E-state index contributed by atoms with van der Waals surface area (Å²) in [4.78, 5) is 15.4. The summed E-state index contributed by atoms with van der Waals surface area (Å²) in [5, 5.41) is 30.0. The van der Waals surface area contributed by atoms with E-state index in [1.165, 1.54) is 4.68 Å². The minimum atomic E-state index is -1.16. The number of hydrogen-bond acceptors (Lipinski definition) is 4. The Hall–Kier alpha value is -2.61. The number of likely N-dealkylation sites (N-methyl/N-ethyl adjacent to an activating group) is 1. The number of fused-ring (bicyclic) bond motifs is 1. The Balaban J connectivity index is 1.49. The Morgan fingerprint density at radius 2 is 1.79 bits per heavy atom. The Morgan fingerprint density at radius 1 is 1.12 bits per heavy atom. The number of aryl methyl sites for hydroxylation is 1. The van der Waals surface area contributed by atoms with Crippen LogP contribution >= 0.6 is 15.9 Å². The van der Waals surface area contributed by atoms with Gasteiger partial charge in [-0.2, -0.15) is 0 Å². The van der Waals surface area contributed by atoms with Crippen molar-refractivity contribution in [1.29, 1.82) is 0 Å². The lowest BCUT2D eigenvalue weighted by Crippen LogP contribution is -2.65. The van der Waals surface area contributed by atoms with Crippen molar-refractivity contribution in [2.45, 2.75) is 50.7 Å². The van der Waals surface area contributed by atoms with Crippen molar-refractivity contribution in [1.82, 2.24) is 9.78 Å². The first-order valence-corrected chi connectivity index (χ1v) is 12.4. The molecule has 0 bridgehead atoms. The van der Waals surface area contributed by atoms with Crippen LogP contribution in [0.1, 0.15) is 43.5 Å². The third-order valence-corrected chi connectivity index (χ3v) is 8.01. The molecule has 178 valence electrons. The third kappa shape index (κ3) is 3.33. The predicted molar refractivity (Wildman–Crippen MR) is 133 cm³/mol. The molecule has 1 aliphatic heterocycles. The van der Waals surface area contributed by atoms with Gasteiger partial charge in [0.2, 0.25) is 0 Å².